The molecular weight excluding hydrogens is 390 g/mol. The van der Waals surface area contributed by atoms with Crippen LogP contribution in [0.2, 0.25) is 5.02 Å². The summed E-state index contributed by atoms with van der Waals surface area (Å²) in [6, 6.07) is 21.3. The minimum Gasteiger partial charge on any atom is -0.280 e. The molecule has 0 radical (unpaired) electrons. The number of benzene rings is 3. The summed E-state index contributed by atoms with van der Waals surface area (Å²) < 4.78 is 28.4. The summed E-state index contributed by atoms with van der Waals surface area (Å²) in [4.78, 5) is 4.51. The molecule has 3 aromatic carbocycles. The molecule has 0 spiro atoms. The number of rotatable bonds is 5. The third-order valence-electron chi connectivity index (χ3n) is 5.39. The van der Waals surface area contributed by atoms with Gasteiger partial charge in [0.1, 0.15) is 11.6 Å². The maximum absolute atomic E-state index is 14.3. The smallest absolute Gasteiger partial charge is 0.127 e. The zero-order valence-corrected chi connectivity index (χ0v) is 16.8. The van der Waals surface area contributed by atoms with E-state index in [1.165, 1.54) is 12.1 Å². The molecule has 1 aliphatic rings. The quantitative estimate of drug-likeness (QED) is 0.505. The lowest BCUT2D eigenvalue weighted by Crippen LogP contribution is -2.47. The second-order valence-corrected chi connectivity index (χ2v) is 7.81. The Kier molecular flexibility index (Phi) is 6.24. The summed E-state index contributed by atoms with van der Waals surface area (Å²) in [6.07, 6.45) is 0.792. The fourth-order valence-electron chi connectivity index (χ4n) is 4.06. The summed E-state index contributed by atoms with van der Waals surface area (Å²) in [5.74, 6) is -0.481. The van der Waals surface area contributed by atoms with Gasteiger partial charge in [0, 0.05) is 36.8 Å². The summed E-state index contributed by atoms with van der Waals surface area (Å²) in [6.45, 7) is 2.79. The largest absolute Gasteiger partial charge is 0.280 e. The fourth-order valence-corrected chi connectivity index (χ4v) is 4.26. The number of nitrogens with zero attached hydrogens (tertiary/aromatic N) is 2. The second kappa shape index (κ2) is 9.04. The topological polar surface area (TPSA) is 6.48 Å². The molecule has 0 aromatic heterocycles. The molecule has 1 saturated heterocycles. The monoisotopic (exact) mass is 412 g/mol. The van der Waals surface area contributed by atoms with Crippen molar-refractivity contribution in [3.05, 3.63) is 106 Å². The Hall–Kier alpha value is -2.27. The molecule has 1 aliphatic heterocycles. The van der Waals surface area contributed by atoms with Gasteiger partial charge in [0.15, 0.2) is 0 Å². The van der Waals surface area contributed by atoms with Crippen LogP contribution in [0.25, 0.3) is 0 Å². The molecule has 0 bridgehead atoms. The maximum Gasteiger partial charge on any atom is 0.127 e. The van der Waals surface area contributed by atoms with Crippen molar-refractivity contribution in [2.45, 2.75) is 25.7 Å². The standard InChI is InChI=1S/C24H23ClF2N2/c25-22-11-3-1-7-19(22)16-28-13-6-14-29(17-20-8-2-4-12-23(20)27)24(28)18-9-5-10-21(26)15-18/h1-5,7-12,15,24H,6,13-14,16-17H2/t24-/m0/s1. The van der Waals surface area contributed by atoms with Crippen molar-refractivity contribution in [3.8, 4) is 0 Å². The highest BCUT2D eigenvalue weighted by molar-refractivity contribution is 6.31. The average molecular weight is 413 g/mol. The van der Waals surface area contributed by atoms with Crippen molar-refractivity contribution >= 4 is 11.6 Å². The first-order valence-corrected chi connectivity index (χ1v) is 10.2. The van der Waals surface area contributed by atoms with Crippen LogP contribution in [0.1, 0.15) is 29.3 Å². The highest BCUT2D eigenvalue weighted by Gasteiger charge is 2.31. The van der Waals surface area contributed by atoms with E-state index in [1.54, 1.807) is 18.2 Å². The fraction of sp³-hybridized carbons (Fsp3) is 0.250. The number of hydrogen-bond donors (Lipinski definition) is 0. The number of halogens is 3. The van der Waals surface area contributed by atoms with Crippen LogP contribution in [0.3, 0.4) is 0 Å². The first-order valence-electron chi connectivity index (χ1n) is 9.82. The van der Waals surface area contributed by atoms with Crippen molar-refractivity contribution in [2.24, 2.45) is 0 Å². The Labute approximate surface area is 175 Å². The lowest BCUT2D eigenvalue weighted by Gasteiger charge is -2.44. The third kappa shape index (κ3) is 4.67. The van der Waals surface area contributed by atoms with Gasteiger partial charge in [-0.25, -0.2) is 8.78 Å². The van der Waals surface area contributed by atoms with Crippen LogP contribution in [0.15, 0.2) is 72.8 Å². The van der Waals surface area contributed by atoms with E-state index < -0.39 is 0 Å². The van der Waals surface area contributed by atoms with Crippen molar-refractivity contribution < 1.29 is 8.78 Å². The van der Waals surface area contributed by atoms with Gasteiger partial charge in [-0.05, 0) is 41.8 Å². The first kappa shape index (κ1) is 20.0. The summed E-state index contributed by atoms with van der Waals surface area (Å²) >= 11 is 6.40. The minimum absolute atomic E-state index is 0.157. The molecular formula is C24H23ClF2N2. The lowest BCUT2D eigenvalue weighted by molar-refractivity contribution is -0.00977. The van der Waals surface area contributed by atoms with Crippen molar-refractivity contribution in [1.82, 2.24) is 9.80 Å². The Morgan fingerprint density at radius 3 is 2.14 bits per heavy atom. The van der Waals surface area contributed by atoms with Crippen LogP contribution >= 0.6 is 11.6 Å². The van der Waals surface area contributed by atoms with Gasteiger partial charge in [0.25, 0.3) is 0 Å². The number of hydrogen-bond acceptors (Lipinski definition) is 2. The molecule has 1 atom stereocenters. The molecule has 0 aliphatic carbocycles. The molecule has 0 saturated carbocycles. The molecule has 0 amide bonds. The predicted octanol–water partition coefficient (Wildman–Crippen LogP) is 6.02. The Balaban J connectivity index is 1.68. The van der Waals surface area contributed by atoms with Gasteiger partial charge in [0.2, 0.25) is 0 Å². The Bertz CT molecular complexity index is 923. The van der Waals surface area contributed by atoms with E-state index in [1.807, 2.05) is 42.5 Å². The highest BCUT2D eigenvalue weighted by Crippen LogP contribution is 2.33. The molecule has 0 unspecified atom stereocenters. The van der Waals surface area contributed by atoms with E-state index in [0.717, 1.165) is 35.7 Å². The lowest BCUT2D eigenvalue weighted by atomic mass is 10.0. The van der Waals surface area contributed by atoms with E-state index in [-0.39, 0.29) is 17.8 Å². The zero-order valence-electron chi connectivity index (χ0n) is 16.1. The maximum atomic E-state index is 14.3. The normalized spacial score (nSPS) is 18.1. The first-order chi connectivity index (χ1) is 14.1. The van der Waals surface area contributed by atoms with Crippen molar-refractivity contribution in [1.29, 1.82) is 0 Å². The molecule has 2 nitrogen and oxygen atoms in total. The third-order valence-corrected chi connectivity index (χ3v) is 5.76. The SMILES string of the molecule is Fc1cccc([C@@H]2N(Cc3ccccc3F)CCCN2Cc2ccccc2Cl)c1. The second-order valence-electron chi connectivity index (χ2n) is 7.41. The van der Waals surface area contributed by atoms with E-state index >= 15 is 0 Å². The molecule has 1 heterocycles. The van der Waals surface area contributed by atoms with Gasteiger partial charge in [-0.15, -0.1) is 0 Å². The van der Waals surface area contributed by atoms with Crippen LogP contribution < -0.4 is 0 Å². The average Bonchev–Trinajstić information content (AvgIpc) is 2.72. The van der Waals surface area contributed by atoms with E-state index in [2.05, 4.69) is 9.80 Å². The molecule has 29 heavy (non-hydrogen) atoms. The zero-order chi connectivity index (χ0) is 20.2. The van der Waals surface area contributed by atoms with Crippen LogP contribution in [-0.4, -0.2) is 22.9 Å². The van der Waals surface area contributed by atoms with Crippen LogP contribution in [0.4, 0.5) is 8.78 Å². The molecule has 3 aromatic rings. The van der Waals surface area contributed by atoms with Gasteiger partial charge < -0.3 is 0 Å². The highest BCUT2D eigenvalue weighted by atomic mass is 35.5. The van der Waals surface area contributed by atoms with Crippen LogP contribution in [0, 0.1) is 11.6 Å². The summed E-state index contributed by atoms with van der Waals surface area (Å²) in [7, 11) is 0. The van der Waals surface area contributed by atoms with Crippen LogP contribution in [0.5, 0.6) is 0 Å². The molecule has 5 heteroatoms. The van der Waals surface area contributed by atoms with E-state index in [0.29, 0.717) is 18.7 Å². The van der Waals surface area contributed by atoms with Gasteiger partial charge in [-0.1, -0.05) is 60.1 Å². The Morgan fingerprint density at radius 2 is 1.45 bits per heavy atom. The van der Waals surface area contributed by atoms with Gasteiger partial charge in [-0.2, -0.15) is 0 Å². The van der Waals surface area contributed by atoms with Gasteiger partial charge in [0.05, 0.1) is 6.17 Å². The summed E-state index contributed by atoms with van der Waals surface area (Å²) in [5.41, 5.74) is 2.55. The van der Waals surface area contributed by atoms with E-state index in [9.17, 15) is 8.78 Å². The Morgan fingerprint density at radius 1 is 0.793 bits per heavy atom. The molecule has 0 N–H and O–H groups in total. The summed E-state index contributed by atoms with van der Waals surface area (Å²) in [5, 5.41) is 0.719. The van der Waals surface area contributed by atoms with Crippen molar-refractivity contribution in [2.75, 3.05) is 13.1 Å². The van der Waals surface area contributed by atoms with Gasteiger partial charge in [-0.3, -0.25) is 9.80 Å². The molecule has 150 valence electrons. The van der Waals surface area contributed by atoms with Gasteiger partial charge >= 0.3 is 0 Å². The van der Waals surface area contributed by atoms with Crippen molar-refractivity contribution in [3.63, 3.8) is 0 Å². The molecule has 1 fully saturated rings. The minimum atomic E-state index is -0.267. The van der Waals surface area contributed by atoms with E-state index in [4.69, 9.17) is 11.6 Å². The predicted molar refractivity (Wildman–Crippen MR) is 112 cm³/mol. The molecule has 4 rings (SSSR count). The van der Waals surface area contributed by atoms with Crippen LogP contribution in [-0.2, 0) is 13.1 Å².